The maximum Gasteiger partial charge on any atom is 0.330 e. The van der Waals surface area contributed by atoms with E-state index in [4.69, 9.17) is 0 Å². The van der Waals surface area contributed by atoms with Gasteiger partial charge in [-0.05, 0) is 20.8 Å². The van der Waals surface area contributed by atoms with Gasteiger partial charge in [0.15, 0.2) is 4.90 Å². The van der Waals surface area contributed by atoms with Crippen LogP contribution in [-0.4, -0.2) is 23.1 Å². The summed E-state index contributed by atoms with van der Waals surface area (Å²) in [5.41, 5.74) is -2.12. The number of rotatable bonds is 2. The first-order chi connectivity index (χ1) is 7.96. The van der Waals surface area contributed by atoms with Crippen molar-refractivity contribution < 1.29 is 8.42 Å². The Kier molecular flexibility index (Phi) is 3.55. The second kappa shape index (κ2) is 4.36. The SMILES string of the molecule is Cn1cc(S(=O)(=O)NC(C)(C)C)c(=O)n(C)c1=O. The summed E-state index contributed by atoms with van der Waals surface area (Å²) in [7, 11) is -1.33. The van der Waals surface area contributed by atoms with Crippen molar-refractivity contribution in [2.75, 3.05) is 0 Å². The van der Waals surface area contributed by atoms with E-state index in [9.17, 15) is 18.0 Å². The minimum absolute atomic E-state index is 0.443. The van der Waals surface area contributed by atoms with Crippen LogP contribution >= 0.6 is 0 Å². The van der Waals surface area contributed by atoms with Crippen molar-refractivity contribution >= 4 is 10.0 Å². The fourth-order valence-corrected chi connectivity index (χ4v) is 3.00. The standard InChI is InChI=1S/C10H17N3O4S/c1-10(2,3)11-18(16,17)7-6-12(4)9(15)13(5)8(7)14/h6,11H,1-5H3. The Hall–Kier alpha value is -1.41. The molecule has 0 saturated carbocycles. The van der Waals surface area contributed by atoms with Crippen LogP contribution in [0, 0.1) is 0 Å². The van der Waals surface area contributed by atoms with Gasteiger partial charge in [-0.25, -0.2) is 17.9 Å². The number of nitrogens with zero attached hydrogens (tertiary/aromatic N) is 2. The van der Waals surface area contributed by atoms with Crippen molar-refractivity contribution in [3.8, 4) is 0 Å². The molecule has 0 radical (unpaired) electrons. The van der Waals surface area contributed by atoms with Crippen LogP contribution in [0.2, 0.25) is 0 Å². The molecule has 0 spiro atoms. The predicted molar refractivity (Wildman–Crippen MR) is 67.0 cm³/mol. The van der Waals surface area contributed by atoms with Crippen LogP contribution in [0.5, 0.6) is 0 Å². The Morgan fingerprint density at radius 2 is 1.67 bits per heavy atom. The molecule has 0 fully saturated rings. The summed E-state index contributed by atoms with van der Waals surface area (Å²) in [6, 6.07) is 0. The molecule has 1 aromatic rings. The van der Waals surface area contributed by atoms with Gasteiger partial charge in [0.25, 0.3) is 5.56 Å². The van der Waals surface area contributed by atoms with Gasteiger partial charge in [0, 0.05) is 25.8 Å². The number of aryl methyl sites for hydroxylation is 1. The first-order valence-corrected chi connectivity index (χ1v) is 6.75. The van der Waals surface area contributed by atoms with Crippen molar-refractivity contribution in [1.82, 2.24) is 13.9 Å². The van der Waals surface area contributed by atoms with Gasteiger partial charge in [0.05, 0.1) is 0 Å². The fraction of sp³-hybridized carbons (Fsp3) is 0.600. The van der Waals surface area contributed by atoms with Gasteiger partial charge in [0.1, 0.15) is 0 Å². The number of nitrogens with one attached hydrogen (secondary N) is 1. The third-order valence-corrected chi connectivity index (χ3v) is 3.89. The Morgan fingerprint density at radius 1 is 1.17 bits per heavy atom. The minimum Gasteiger partial charge on any atom is -0.302 e. The zero-order valence-electron chi connectivity index (χ0n) is 11.0. The lowest BCUT2D eigenvalue weighted by Gasteiger charge is -2.20. The van der Waals surface area contributed by atoms with Crippen molar-refractivity contribution in [3.63, 3.8) is 0 Å². The molecule has 8 heteroatoms. The summed E-state index contributed by atoms with van der Waals surface area (Å²) in [6.07, 6.45) is 1.03. The van der Waals surface area contributed by atoms with E-state index >= 15 is 0 Å². The molecule has 0 aliphatic heterocycles. The topological polar surface area (TPSA) is 90.2 Å². The van der Waals surface area contributed by atoms with Gasteiger partial charge < -0.3 is 4.57 Å². The molecular weight excluding hydrogens is 258 g/mol. The lowest BCUT2D eigenvalue weighted by Crippen LogP contribution is -2.46. The minimum atomic E-state index is -3.95. The summed E-state index contributed by atoms with van der Waals surface area (Å²) in [5, 5.41) is 0. The number of hydrogen-bond acceptors (Lipinski definition) is 4. The lowest BCUT2D eigenvalue weighted by atomic mass is 10.1. The highest BCUT2D eigenvalue weighted by Crippen LogP contribution is 2.07. The van der Waals surface area contributed by atoms with Gasteiger partial charge in [-0.2, -0.15) is 0 Å². The van der Waals surface area contributed by atoms with Gasteiger partial charge >= 0.3 is 5.69 Å². The fourth-order valence-electron chi connectivity index (χ4n) is 1.42. The van der Waals surface area contributed by atoms with Crippen LogP contribution in [0.25, 0.3) is 0 Å². The van der Waals surface area contributed by atoms with Gasteiger partial charge in [0.2, 0.25) is 10.0 Å². The maximum atomic E-state index is 12.0. The molecule has 1 aromatic heterocycles. The number of aromatic nitrogens is 2. The Bertz CT molecular complexity index is 677. The highest BCUT2D eigenvalue weighted by atomic mass is 32.2. The van der Waals surface area contributed by atoms with Gasteiger partial charge in [-0.1, -0.05) is 0 Å². The van der Waals surface area contributed by atoms with E-state index in [1.165, 1.54) is 14.1 Å². The number of sulfonamides is 1. The van der Waals surface area contributed by atoms with E-state index in [2.05, 4.69) is 4.72 Å². The summed E-state index contributed by atoms with van der Waals surface area (Å²) < 4.78 is 28.3. The summed E-state index contributed by atoms with van der Waals surface area (Å²) in [5.74, 6) is 0. The van der Waals surface area contributed by atoms with Crippen molar-refractivity contribution in [1.29, 1.82) is 0 Å². The molecule has 0 atom stereocenters. The molecule has 0 aromatic carbocycles. The van der Waals surface area contributed by atoms with Crippen molar-refractivity contribution in [3.05, 3.63) is 27.0 Å². The van der Waals surface area contributed by atoms with E-state index < -0.39 is 31.7 Å². The van der Waals surface area contributed by atoms with E-state index in [0.717, 1.165) is 15.3 Å². The first kappa shape index (κ1) is 14.7. The molecule has 1 rings (SSSR count). The lowest BCUT2D eigenvalue weighted by molar-refractivity contribution is 0.488. The Labute approximate surface area is 105 Å². The normalized spacial score (nSPS) is 12.7. The molecule has 0 amide bonds. The van der Waals surface area contributed by atoms with Crippen molar-refractivity contribution in [2.24, 2.45) is 14.1 Å². The van der Waals surface area contributed by atoms with E-state index in [0.29, 0.717) is 0 Å². The zero-order valence-corrected chi connectivity index (χ0v) is 11.8. The van der Waals surface area contributed by atoms with Crippen LogP contribution < -0.4 is 16.0 Å². The highest BCUT2D eigenvalue weighted by molar-refractivity contribution is 7.89. The molecule has 0 aliphatic carbocycles. The molecular formula is C10H17N3O4S. The molecule has 1 N–H and O–H groups in total. The largest absolute Gasteiger partial charge is 0.330 e. The monoisotopic (exact) mass is 275 g/mol. The van der Waals surface area contributed by atoms with Crippen LogP contribution in [0.1, 0.15) is 20.8 Å². The van der Waals surface area contributed by atoms with Crippen LogP contribution in [0.15, 0.2) is 20.7 Å². The molecule has 0 aliphatic rings. The molecule has 102 valence electrons. The van der Waals surface area contributed by atoms with Gasteiger partial charge in [-0.15, -0.1) is 0 Å². The summed E-state index contributed by atoms with van der Waals surface area (Å²) in [4.78, 5) is 22.8. The second-order valence-corrected chi connectivity index (χ2v) is 6.76. The van der Waals surface area contributed by atoms with E-state index in [1.807, 2.05) is 0 Å². The van der Waals surface area contributed by atoms with Gasteiger partial charge in [-0.3, -0.25) is 9.36 Å². The molecule has 0 bridgehead atoms. The summed E-state index contributed by atoms with van der Waals surface area (Å²) >= 11 is 0. The molecule has 0 unspecified atom stereocenters. The maximum absolute atomic E-state index is 12.0. The number of hydrogen-bond donors (Lipinski definition) is 1. The first-order valence-electron chi connectivity index (χ1n) is 5.26. The molecule has 1 heterocycles. The van der Waals surface area contributed by atoms with Crippen LogP contribution in [-0.2, 0) is 24.1 Å². The average Bonchev–Trinajstić information content (AvgIpc) is 2.16. The van der Waals surface area contributed by atoms with Crippen LogP contribution in [0.4, 0.5) is 0 Å². The second-order valence-electron chi connectivity index (χ2n) is 5.11. The smallest absolute Gasteiger partial charge is 0.302 e. The third kappa shape index (κ3) is 2.88. The Morgan fingerprint density at radius 3 is 2.11 bits per heavy atom. The summed E-state index contributed by atoms with van der Waals surface area (Å²) in [6.45, 7) is 4.99. The van der Waals surface area contributed by atoms with Crippen molar-refractivity contribution in [2.45, 2.75) is 31.2 Å². The molecule has 7 nitrogen and oxygen atoms in total. The quantitative estimate of drug-likeness (QED) is 0.762. The average molecular weight is 275 g/mol. The molecule has 18 heavy (non-hydrogen) atoms. The Balaban J connectivity index is 3.54. The zero-order chi connectivity index (χ0) is 14.3. The van der Waals surface area contributed by atoms with Crippen LogP contribution in [0.3, 0.4) is 0 Å². The predicted octanol–water partition coefficient (Wildman–Crippen LogP) is -0.839. The van der Waals surface area contributed by atoms with E-state index in [1.54, 1.807) is 20.8 Å². The van der Waals surface area contributed by atoms with E-state index in [-0.39, 0.29) is 0 Å². The highest BCUT2D eigenvalue weighted by Gasteiger charge is 2.26. The molecule has 0 saturated heterocycles. The third-order valence-electron chi connectivity index (χ3n) is 2.15.